The summed E-state index contributed by atoms with van der Waals surface area (Å²) in [5, 5.41) is 5.73. The predicted molar refractivity (Wildman–Crippen MR) is 86.9 cm³/mol. The van der Waals surface area contributed by atoms with Crippen LogP contribution in [0, 0.1) is 11.3 Å². The van der Waals surface area contributed by atoms with Gasteiger partial charge in [0, 0.05) is 24.4 Å². The maximum atomic E-state index is 12.4. The highest BCUT2D eigenvalue weighted by atomic mass is 16.2. The van der Waals surface area contributed by atoms with Crippen LogP contribution in [0.2, 0.25) is 0 Å². The van der Waals surface area contributed by atoms with Crippen LogP contribution < -0.4 is 10.6 Å². The van der Waals surface area contributed by atoms with Crippen molar-refractivity contribution in [2.45, 2.75) is 53.6 Å². The lowest BCUT2D eigenvalue weighted by Crippen LogP contribution is -2.50. The molecule has 5 nitrogen and oxygen atoms in total. The molecule has 0 saturated heterocycles. The van der Waals surface area contributed by atoms with E-state index in [9.17, 15) is 9.59 Å². The molecule has 0 aromatic carbocycles. The third kappa shape index (κ3) is 6.24. The van der Waals surface area contributed by atoms with E-state index in [1.54, 1.807) is 12.4 Å². The molecule has 22 heavy (non-hydrogen) atoms. The van der Waals surface area contributed by atoms with Gasteiger partial charge in [0.25, 0.3) is 0 Å². The molecule has 0 fully saturated rings. The average molecular weight is 305 g/mol. The first-order chi connectivity index (χ1) is 10.2. The van der Waals surface area contributed by atoms with Crippen LogP contribution in [-0.4, -0.2) is 22.8 Å². The molecule has 1 atom stereocenters. The molecule has 122 valence electrons. The summed E-state index contributed by atoms with van der Waals surface area (Å²) >= 11 is 0. The highest BCUT2D eigenvalue weighted by Gasteiger charge is 2.27. The van der Waals surface area contributed by atoms with Crippen molar-refractivity contribution in [3.63, 3.8) is 0 Å². The van der Waals surface area contributed by atoms with Gasteiger partial charge in [-0.2, -0.15) is 0 Å². The van der Waals surface area contributed by atoms with Crippen LogP contribution in [-0.2, 0) is 16.1 Å². The van der Waals surface area contributed by atoms with Gasteiger partial charge in [0.1, 0.15) is 6.04 Å². The highest BCUT2D eigenvalue weighted by molar-refractivity contribution is 5.89. The molecule has 0 saturated carbocycles. The van der Waals surface area contributed by atoms with Crippen molar-refractivity contribution >= 4 is 11.8 Å². The van der Waals surface area contributed by atoms with Crippen LogP contribution in [0.5, 0.6) is 0 Å². The molecule has 5 heteroatoms. The van der Waals surface area contributed by atoms with E-state index < -0.39 is 11.5 Å². The fraction of sp³-hybridized carbons (Fsp3) is 0.588. The first kappa shape index (κ1) is 18.1. The number of nitrogens with zero attached hydrogens (tertiary/aromatic N) is 1. The van der Waals surface area contributed by atoms with Gasteiger partial charge in [-0.05, 0) is 24.0 Å². The third-order valence-corrected chi connectivity index (χ3v) is 3.20. The topological polar surface area (TPSA) is 71.1 Å². The summed E-state index contributed by atoms with van der Waals surface area (Å²) in [7, 11) is 0. The summed E-state index contributed by atoms with van der Waals surface area (Å²) in [6, 6.07) is 3.22. The normalized spacial score (nSPS) is 12.8. The summed E-state index contributed by atoms with van der Waals surface area (Å²) < 4.78 is 0. The number of aromatic nitrogens is 1. The fourth-order valence-corrected chi connectivity index (χ4v) is 1.89. The van der Waals surface area contributed by atoms with E-state index >= 15 is 0 Å². The van der Waals surface area contributed by atoms with Crippen molar-refractivity contribution in [1.29, 1.82) is 0 Å². The van der Waals surface area contributed by atoms with Gasteiger partial charge in [-0.1, -0.05) is 40.7 Å². The van der Waals surface area contributed by atoms with Crippen LogP contribution in [0.3, 0.4) is 0 Å². The largest absolute Gasteiger partial charge is 0.350 e. The minimum Gasteiger partial charge on any atom is -0.350 e. The first-order valence-corrected chi connectivity index (χ1v) is 7.67. The Morgan fingerprint density at radius 3 is 2.45 bits per heavy atom. The van der Waals surface area contributed by atoms with Crippen LogP contribution in [0.4, 0.5) is 0 Å². The maximum Gasteiger partial charge on any atom is 0.242 e. The number of hydrogen-bond acceptors (Lipinski definition) is 3. The summed E-state index contributed by atoms with van der Waals surface area (Å²) in [6.07, 6.45) is 4.02. The monoisotopic (exact) mass is 305 g/mol. The van der Waals surface area contributed by atoms with Crippen molar-refractivity contribution in [3.05, 3.63) is 30.1 Å². The standard InChI is InChI=1S/C17H27N3O2/c1-12(2)9-14(20-16(22)17(3,4)5)15(21)19-11-13-7-6-8-18-10-13/h6-8,10,12,14H,9,11H2,1-5H3,(H,19,21)(H,20,22)/t14-/m1/s1. The average Bonchev–Trinajstić information content (AvgIpc) is 2.43. The second kappa shape index (κ2) is 7.92. The Labute approximate surface area is 132 Å². The number of amides is 2. The highest BCUT2D eigenvalue weighted by Crippen LogP contribution is 2.14. The van der Waals surface area contributed by atoms with E-state index in [1.807, 2.05) is 46.8 Å². The lowest BCUT2D eigenvalue weighted by atomic mass is 9.94. The maximum absolute atomic E-state index is 12.4. The molecule has 0 aliphatic heterocycles. The van der Waals surface area contributed by atoms with E-state index in [-0.39, 0.29) is 11.8 Å². The smallest absolute Gasteiger partial charge is 0.242 e. The van der Waals surface area contributed by atoms with Crippen molar-refractivity contribution in [1.82, 2.24) is 15.6 Å². The van der Waals surface area contributed by atoms with Crippen LogP contribution in [0.15, 0.2) is 24.5 Å². The SMILES string of the molecule is CC(C)C[C@@H](NC(=O)C(C)(C)C)C(=O)NCc1cccnc1. The Kier molecular flexibility index (Phi) is 6.53. The zero-order valence-electron chi connectivity index (χ0n) is 14.1. The van der Waals surface area contributed by atoms with Gasteiger partial charge in [0.05, 0.1) is 0 Å². The molecule has 2 amide bonds. The second-order valence-corrected chi connectivity index (χ2v) is 6.98. The molecule has 0 unspecified atom stereocenters. The van der Waals surface area contributed by atoms with E-state index in [4.69, 9.17) is 0 Å². The van der Waals surface area contributed by atoms with Gasteiger partial charge in [-0.25, -0.2) is 0 Å². The van der Waals surface area contributed by atoms with E-state index in [0.29, 0.717) is 18.9 Å². The molecule has 1 heterocycles. The van der Waals surface area contributed by atoms with Gasteiger partial charge in [-0.3, -0.25) is 14.6 Å². The number of rotatable bonds is 6. The van der Waals surface area contributed by atoms with Crippen LogP contribution >= 0.6 is 0 Å². The summed E-state index contributed by atoms with van der Waals surface area (Å²) in [5.74, 6) is 0.0410. The lowest BCUT2D eigenvalue weighted by Gasteiger charge is -2.25. The first-order valence-electron chi connectivity index (χ1n) is 7.67. The number of carbonyl (C=O) groups excluding carboxylic acids is 2. The van der Waals surface area contributed by atoms with E-state index in [0.717, 1.165) is 5.56 Å². The van der Waals surface area contributed by atoms with Gasteiger partial charge >= 0.3 is 0 Å². The Morgan fingerprint density at radius 1 is 1.27 bits per heavy atom. The molecule has 1 aromatic heterocycles. The molecular formula is C17H27N3O2. The molecule has 2 N–H and O–H groups in total. The minimum absolute atomic E-state index is 0.116. The second-order valence-electron chi connectivity index (χ2n) is 6.98. The molecular weight excluding hydrogens is 278 g/mol. The number of nitrogens with one attached hydrogen (secondary N) is 2. The quantitative estimate of drug-likeness (QED) is 0.847. The Hall–Kier alpha value is -1.91. The molecule has 0 bridgehead atoms. The molecule has 0 spiro atoms. The molecule has 1 rings (SSSR count). The van der Waals surface area contributed by atoms with Crippen molar-refractivity contribution in [3.8, 4) is 0 Å². The summed E-state index contributed by atoms with van der Waals surface area (Å²) in [5.41, 5.74) is 0.417. The van der Waals surface area contributed by atoms with Gasteiger partial charge < -0.3 is 10.6 Å². The van der Waals surface area contributed by atoms with Gasteiger partial charge in [0.15, 0.2) is 0 Å². The fourth-order valence-electron chi connectivity index (χ4n) is 1.89. The van der Waals surface area contributed by atoms with Crippen LogP contribution in [0.1, 0.15) is 46.6 Å². The third-order valence-electron chi connectivity index (χ3n) is 3.20. The van der Waals surface area contributed by atoms with Crippen molar-refractivity contribution < 1.29 is 9.59 Å². The predicted octanol–water partition coefficient (Wildman–Crippen LogP) is 2.27. The number of carbonyl (C=O) groups is 2. The van der Waals surface area contributed by atoms with Crippen LogP contribution in [0.25, 0.3) is 0 Å². The molecule has 0 radical (unpaired) electrons. The molecule has 0 aliphatic rings. The van der Waals surface area contributed by atoms with Gasteiger partial charge in [0.2, 0.25) is 11.8 Å². The number of hydrogen-bond donors (Lipinski definition) is 2. The Bertz CT molecular complexity index is 492. The van der Waals surface area contributed by atoms with E-state index in [1.165, 1.54) is 0 Å². The Balaban J connectivity index is 2.66. The minimum atomic E-state index is -0.515. The van der Waals surface area contributed by atoms with Crippen molar-refractivity contribution in [2.75, 3.05) is 0 Å². The zero-order chi connectivity index (χ0) is 16.8. The van der Waals surface area contributed by atoms with Gasteiger partial charge in [-0.15, -0.1) is 0 Å². The summed E-state index contributed by atoms with van der Waals surface area (Å²) in [6.45, 7) is 9.98. The molecule has 1 aromatic rings. The molecule has 0 aliphatic carbocycles. The summed E-state index contributed by atoms with van der Waals surface area (Å²) in [4.78, 5) is 28.5. The zero-order valence-corrected chi connectivity index (χ0v) is 14.1. The van der Waals surface area contributed by atoms with E-state index in [2.05, 4.69) is 15.6 Å². The number of pyridine rings is 1. The Morgan fingerprint density at radius 2 is 1.95 bits per heavy atom. The van der Waals surface area contributed by atoms with Crippen molar-refractivity contribution in [2.24, 2.45) is 11.3 Å². The lowest BCUT2D eigenvalue weighted by molar-refractivity contribution is -0.133.